The fraction of sp³-hybridized carbons (Fsp3) is 0.120. The van der Waals surface area contributed by atoms with Crippen LogP contribution in [0, 0.1) is 3.57 Å². The minimum atomic E-state index is -1.03. The highest BCUT2D eigenvalue weighted by Crippen LogP contribution is 2.28. The first-order valence-corrected chi connectivity index (χ1v) is 12.1. The summed E-state index contributed by atoms with van der Waals surface area (Å²) in [7, 11) is 1.55. The van der Waals surface area contributed by atoms with Gasteiger partial charge in [-0.2, -0.15) is 0 Å². The molecule has 1 heterocycles. The van der Waals surface area contributed by atoms with Gasteiger partial charge in [-0.05, 0) is 95.5 Å². The van der Waals surface area contributed by atoms with Crippen molar-refractivity contribution in [2.45, 2.75) is 12.5 Å². The number of anilines is 2. The molecule has 35 heavy (non-hydrogen) atoms. The molecule has 1 atom stereocenters. The molecule has 8 nitrogen and oxygen atoms in total. The Kier molecular flexibility index (Phi) is 7.61. The number of nitrogens with zero attached hydrogens (tertiary/aromatic N) is 2. The SMILES string of the molecule is COc1ccc(N2C(=O)C(CC(=O)Nc3ccc(I)cc3)N(NC(=O)c3ccccc3)C2=S)cc1. The van der Waals surface area contributed by atoms with E-state index in [-0.39, 0.29) is 17.4 Å². The first-order valence-electron chi connectivity index (χ1n) is 10.6. The van der Waals surface area contributed by atoms with Crippen LogP contribution >= 0.6 is 34.8 Å². The lowest BCUT2D eigenvalue weighted by molar-refractivity contribution is -0.124. The first-order chi connectivity index (χ1) is 16.9. The zero-order valence-corrected chi connectivity index (χ0v) is 21.6. The van der Waals surface area contributed by atoms with Crippen molar-refractivity contribution in [3.63, 3.8) is 0 Å². The maximum Gasteiger partial charge on any atom is 0.269 e. The zero-order valence-electron chi connectivity index (χ0n) is 18.6. The normalized spacial score (nSPS) is 15.2. The fourth-order valence-corrected chi connectivity index (χ4v) is 4.28. The van der Waals surface area contributed by atoms with Crippen LogP contribution in [-0.2, 0) is 9.59 Å². The monoisotopic (exact) mass is 600 g/mol. The van der Waals surface area contributed by atoms with Gasteiger partial charge in [0.25, 0.3) is 11.8 Å². The lowest BCUT2D eigenvalue weighted by Crippen LogP contribution is -2.49. The van der Waals surface area contributed by atoms with Gasteiger partial charge >= 0.3 is 0 Å². The second-order valence-corrected chi connectivity index (χ2v) is 9.22. The van der Waals surface area contributed by atoms with Gasteiger partial charge in [-0.1, -0.05) is 18.2 Å². The van der Waals surface area contributed by atoms with Crippen molar-refractivity contribution in [2.75, 3.05) is 17.3 Å². The summed E-state index contributed by atoms with van der Waals surface area (Å²) < 4.78 is 6.22. The van der Waals surface area contributed by atoms with E-state index < -0.39 is 17.9 Å². The standard InChI is InChI=1S/C25H21IN4O4S/c1-34-20-13-11-19(12-14-20)29-24(33)21(15-22(31)27-18-9-7-17(26)8-10-18)30(25(29)35)28-23(32)16-5-3-2-4-6-16/h2-14,21H,15H2,1H3,(H,27,31)(H,28,32). The topological polar surface area (TPSA) is 91.0 Å². The molecule has 2 N–H and O–H groups in total. The summed E-state index contributed by atoms with van der Waals surface area (Å²) in [4.78, 5) is 40.5. The van der Waals surface area contributed by atoms with Gasteiger partial charge in [0.1, 0.15) is 11.8 Å². The molecule has 3 aromatic rings. The van der Waals surface area contributed by atoms with Crippen molar-refractivity contribution in [1.29, 1.82) is 0 Å². The third kappa shape index (κ3) is 5.60. The molecule has 1 aliphatic rings. The molecule has 3 aromatic carbocycles. The number of carbonyl (C=O) groups excluding carboxylic acids is 3. The number of hydrogen-bond acceptors (Lipinski definition) is 5. The minimum Gasteiger partial charge on any atom is -0.497 e. The van der Waals surface area contributed by atoms with Crippen LogP contribution in [0.4, 0.5) is 11.4 Å². The quantitative estimate of drug-likeness (QED) is 0.315. The van der Waals surface area contributed by atoms with Crippen molar-refractivity contribution >= 4 is 69.0 Å². The number of methoxy groups -OCH3 is 1. The van der Waals surface area contributed by atoms with Crippen LogP contribution in [-0.4, -0.2) is 41.0 Å². The number of halogens is 1. The molecule has 0 spiro atoms. The Morgan fingerprint density at radius 3 is 2.29 bits per heavy atom. The molecule has 0 saturated carbocycles. The van der Waals surface area contributed by atoms with E-state index >= 15 is 0 Å². The molecule has 4 rings (SSSR count). The maximum absolute atomic E-state index is 13.5. The lowest BCUT2D eigenvalue weighted by Gasteiger charge is -2.24. The van der Waals surface area contributed by atoms with Crippen molar-refractivity contribution in [1.82, 2.24) is 10.4 Å². The van der Waals surface area contributed by atoms with Crippen LogP contribution in [0.25, 0.3) is 0 Å². The molecule has 3 amide bonds. The molecular weight excluding hydrogens is 579 g/mol. The molecular formula is C25H21IN4O4S. The molecule has 0 aromatic heterocycles. The van der Waals surface area contributed by atoms with Crippen LogP contribution in [0.5, 0.6) is 5.75 Å². The van der Waals surface area contributed by atoms with E-state index in [2.05, 4.69) is 33.3 Å². The summed E-state index contributed by atoms with van der Waals surface area (Å²) in [5, 5.41) is 4.14. The molecule has 0 aliphatic carbocycles. The van der Waals surface area contributed by atoms with Gasteiger partial charge in [-0.3, -0.25) is 24.7 Å². The summed E-state index contributed by atoms with van der Waals surface area (Å²) in [6.07, 6.45) is -0.216. The average Bonchev–Trinajstić information content (AvgIpc) is 3.09. The van der Waals surface area contributed by atoms with Gasteiger partial charge < -0.3 is 10.1 Å². The molecule has 0 radical (unpaired) electrons. The number of hydrogen-bond donors (Lipinski definition) is 2. The van der Waals surface area contributed by atoms with Crippen LogP contribution in [0.1, 0.15) is 16.8 Å². The van der Waals surface area contributed by atoms with Crippen molar-refractivity contribution in [3.05, 3.63) is 88.0 Å². The highest BCUT2D eigenvalue weighted by atomic mass is 127. The lowest BCUT2D eigenvalue weighted by atomic mass is 10.1. The van der Waals surface area contributed by atoms with Gasteiger partial charge in [0, 0.05) is 14.8 Å². The van der Waals surface area contributed by atoms with Gasteiger partial charge in [-0.15, -0.1) is 0 Å². The minimum absolute atomic E-state index is 0.0662. The molecule has 1 unspecified atom stereocenters. The van der Waals surface area contributed by atoms with Crippen LogP contribution in [0.2, 0.25) is 0 Å². The van der Waals surface area contributed by atoms with E-state index in [0.29, 0.717) is 22.7 Å². The largest absolute Gasteiger partial charge is 0.497 e. The molecule has 178 valence electrons. The van der Waals surface area contributed by atoms with E-state index in [0.717, 1.165) is 3.57 Å². The number of carbonyl (C=O) groups is 3. The second kappa shape index (κ2) is 10.8. The molecule has 0 bridgehead atoms. The Morgan fingerprint density at radius 1 is 1.00 bits per heavy atom. The van der Waals surface area contributed by atoms with Crippen molar-refractivity contribution in [3.8, 4) is 5.75 Å². The summed E-state index contributed by atoms with van der Waals surface area (Å²) in [6, 6.07) is 21.6. The Balaban J connectivity index is 1.59. The Bertz CT molecular complexity index is 1250. The second-order valence-electron chi connectivity index (χ2n) is 7.61. The van der Waals surface area contributed by atoms with Crippen LogP contribution < -0.4 is 20.4 Å². The molecule has 1 aliphatic heterocycles. The third-order valence-corrected chi connectivity index (χ3v) is 6.41. The predicted molar refractivity (Wildman–Crippen MR) is 145 cm³/mol. The smallest absolute Gasteiger partial charge is 0.269 e. The molecule has 1 saturated heterocycles. The number of rotatable bonds is 7. The number of thiocarbonyl (C=S) groups is 1. The Labute approximate surface area is 221 Å². The van der Waals surface area contributed by atoms with E-state index in [1.807, 2.05) is 12.1 Å². The number of amides is 3. The van der Waals surface area contributed by atoms with E-state index in [1.54, 1.807) is 73.8 Å². The van der Waals surface area contributed by atoms with E-state index in [4.69, 9.17) is 17.0 Å². The predicted octanol–water partition coefficient (Wildman–Crippen LogP) is 3.98. The maximum atomic E-state index is 13.5. The zero-order chi connectivity index (χ0) is 24.9. The highest BCUT2D eigenvalue weighted by molar-refractivity contribution is 14.1. The van der Waals surface area contributed by atoms with E-state index in [1.165, 1.54) is 9.91 Å². The number of benzene rings is 3. The Morgan fingerprint density at radius 2 is 1.66 bits per heavy atom. The summed E-state index contributed by atoms with van der Waals surface area (Å²) in [6.45, 7) is 0. The van der Waals surface area contributed by atoms with E-state index in [9.17, 15) is 14.4 Å². The van der Waals surface area contributed by atoms with Gasteiger partial charge in [0.05, 0.1) is 19.2 Å². The summed E-state index contributed by atoms with van der Waals surface area (Å²) >= 11 is 7.75. The molecule has 1 fully saturated rings. The number of nitrogens with one attached hydrogen (secondary N) is 2. The fourth-order valence-electron chi connectivity index (χ4n) is 3.55. The first kappa shape index (κ1) is 24.6. The Hall–Kier alpha value is -3.51. The van der Waals surface area contributed by atoms with Crippen molar-refractivity contribution in [2.24, 2.45) is 0 Å². The van der Waals surface area contributed by atoms with Crippen LogP contribution in [0.15, 0.2) is 78.9 Å². The van der Waals surface area contributed by atoms with Gasteiger partial charge in [-0.25, -0.2) is 5.01 Å². The average molecular weight is 600 g/mol. The number of hydrazine groups is 1. The molecule has 10 heteroatoms. The van der Waals surface area contributed by atoms with Gasteiger partial charge in [0.2, 0.25) is 11.0 Å². The summed E-state index contributed by atoms with van der Waals surface area (Å²) in [5.41, 5.74) is 4.21. The highest BCUT2D eigenvalue weighted by Gasteiger charge is 2.45. The number of ether oxygens (including phenoxy) is 1. The third-order valence-electron chi connectivity index (χ3n) is 5.31. The van der Waals surface area contributed by atoms with Gasteiger partial charge in [0.15, 0.2) is 0 Å². The summed E-state index contributed by atoms with van der Waals surface area (Å²) in [5.74, 6) is -0.636. The van der Waals surface area contributed by atoms with Crippen molar-refractivity contribution < 1.29 is 19.1 Å². The van der Waals surface area contributed by atoms with Crippen LogP contribution in [0.3, 0.4) is 0 Å².